The van der Waals surface area contributed by atoms with Gasteiger partial charge in [-0.05, 0) is 38.3 Å². The Morgan fingerprint density at radius 2 is 2.06 bits per heavy atom. The van der Waals surface area contributed by atoms with Crippen LogP contribution in [-0.2, 0) is 6.42 Å². The second-order valence-electron chi connectivity index (χ2n) is 4.39. The third-order valence-corrected chi connectivity index (χ3v) is 2.82. The van der Waals surface area contributed by atoms with Gasteiger partial charge in [0, 0.05) is 5.69 Å². The number of hydrogen-bond acceptors (Lipinski definition) is 3. The van der Waals surface area contributed by atoms with E-state index in [9.17, 15) is 4.79 Å². The Morgan fingerprint density at radius 1 is 1.29 bits per heavy atom. The first kappa shape index (κ1) is 11.8. The molecule has 0 atom stereocenters. The van der Waals surface area contributed by atoms with E-state index in [0.29, 0.717) is 11.3 Å². The van der Waals surface area contributed by atoms with Crippen molar-refractivity contribution < 1.29 is 0 Å². The molecule has 4 nitrogen and oxygen atoms in total. The van der Waals surface area contributed by atoms with Gasteiger partial charge in [-0.1, -0.05) is 13.3 Å². The van der Waals surface area contributed by atoms with Crippen molar-refractivity contribution in [1.82, 2.24) is 15.0 Å². The first-order valence-electron chi connectivity index (χ1n) is 5.99. The Kier molecular flexibility index (Phi) is 3.22. The van der Waals surface area contributed by atoms with Crippen molar-refractivity contribution in [3.05, 3.63) is 33.4 Å². The molecule has 17 heavy (non-hydrogen) atoms. The molecule has 0 saturated heterocycles. The molecular weight excluding hydrogens is 214 g/mol. The number of aromatic amines is 1. The predicted molar refractivity (Wildman–Crippen MR) is 68.2 cm³/mol. The lowest BCUT2D eigenvalue weighted by Gasteiger charge is -2.05. The largest absolute Gasteiger partial charge is 0.304 e. The van der Waals surface area contributed by atoms with Crippen molar-refractivity contribution in [2.45, 2.75) is 40.0 Å². The molecule has 90 valence electrons. The van der Waals surface area contributed by atoms with Gasteiger partial charge in [0.05, 0.1) is 0 Å². The highest BCUT2D eigenvalue weighted by Gasteiger charge is 2.07. The molecule has 0 spiro atoms. The summed E-state index contributed by atoms with van der Waals surface area (Å²) in [5.41, 5.74) is 3.86. The monoisotopic (exact) mass is 231 g/mol. The number of aryl methyl sites for hydroxylation is 3. The van der Waals surface area contributed by atoms with E-state index < -0.39 is 0 Å². The number of pyridine rings is 1. The zero-order valence-electron chi connectivity index (χ0n) is 10.5. The smallest absolute Gasteiger partial charge is 0.271 e. The van der Waals surface area contributed by atoms with Gasteiger partial charge in [-0.2, -0.15) is 0 Å². The molecule has 2 aromatic heterocycles. The quantitative estimate of drug-likeness (QED) is 0.881. The molecule has 0 fully saturated rings. The molecular formula is C13H17N3O. The normalized spacial score (nSPS) is 11.0. The summed E-state index contributed by atoms with van der Waals surface area (Å²) >= 11 is 0. The minimum atomic E-state index is -0.108. The van der Waals surface area contributed by atoms with Crippen LogP contribution in [0.5, 0.6) is 0 Å². The predicted octanol–water partition coefficient (Wildman–Crippen LogP) is 2.28. The van der Waals surface area contributed by atoms with Crippen LogP contribution in [0.3, 0.4) is 0 Å². The Morgan fingerprint density at radius 3 is 2.76 bits per heavy atom. The Bertz CT molecular complexity index is 601. The number of nitrogens with one attached hydrogen (secondary N) is 1. The van der Waals surface area contributed by atoms with E-state index in [0.717, 1.165) is 36.0 Å². The van der Waals surface area contributed by atoms with Gasteiger partial charge in [0.1, 0.15) is 11.2 Å². The lowest BCUT2D eigenvalue weighted by Crippen LogP contribution is -2.16. The first-order chi connectivity index (χ1) is 8.11. The summed E-state index contributed by atoms with van der Waals surface area (Å²) in [6, 6.07) is 1.98. The second kappa shape index (κ2) is 4.65. The maximum Gasteiger partial charge on any atom is 0.271 e. The van der Waals surface area contributed by atoms with Crippen LogP contribution in [0.1, 0.15) is 36.7 Å². The van der Waals surface area contributed by atoms with Gasteiger partial charge in [0.2, 0.25) is 0 Å². The number of nitrogens with zero attached hydrogens (tertiary/aromatic N) is 2. The van der Waals surface area contributed by atoms with Crippen LogP contribution >= 0.6 is 0 Å². The van der Waals surface area contributed by atoms with E-state index in [1.165, 1.54) is 0 Å². The molecule has 0 aliphatic carbocycles. The summed E-state index contributed by atoms with van der Waals surface area (Å²) < 4.78 is 0. The Labute approximate surface area is 100 Å². The average molecular weight is 231 g/mol. The van der Waals surface area contributed by atoms with Crippen LogP contribution < -0.4 is 5.56 Å². The molecule has 0 bridgehead atoms. The summed E-state index contributed by atoms with van der Waals surface area (Å²) in [6.45, 7) is 6.01. The summed E-state index contributed by atoms with van der Waals surface area (Å²) in [4.78, 5) is 23.4. The summed E-state index contributed by atoms with van der Waals surface area (Å²) in [5.74, 6) is 0. The fourth-order valence-electron chi connectivity index (χ4n) is 1.94. The van der Waals surface area contributed by atoms with Gasteiger partial charge in [0.15, 0.2) is 5.65 Å². The topological polar surface area (TPSA) is 58.6 Å². The molecule has 2 heterocycles. The van der Waals surface area contributed by atoms with Crippen molar-refractivity contribution in [3.63, 3.8) is 0 Å². The molecule has 0 aromatic carbocycles. The number of hydrogen-bond donors (Lipinski definition) is 1. The maximum absolute atomic E-state index is 11.8. The van der Waals surface area contributed by atoms with Gasteiger partial charge in [-0.3, -0.25) is 4.79 Å². The molecule has 0 saturated carbocycles. The Balaban J connectivity index is 2.59. The third-order valence-electron chi connectivity index (χ3n) is 2.82. The molecule has 2 rings (SSSR count). The molecule has 2 aromatic rings. The standard InChI is InChI=1S/C13H17N3O/c1-4-5-6-10-13(17)16-12-11(15-10)8(2)7-9(3)14-12/h7H,4-6H2,1-3H3,(H,14,16,17). The molecule has 0 unspecified atom stereocenters. The highest BCUT2D eigenvalue weighted by Crippen LogP contribution is 2.12. The van der Waals surface area contributed by atoms with E-state index in [1.54, 1.807) is 0 Å². The summed E-state index contributed by atoms with van der Waals surface area (Å²) in [5, 5.41) is 0. The van der Waals surface area contributed by atoms with Crippen molar-refractivity contribution >= 4 is 11.2 Å². The first-order valence-corrected chi connectivity index (χ1v) is 5.99. The SMILES string of the molecule is CCCCc1nc2c(C)cc(C)nc2[nH]c1=O. The van der Waals surface area contributed by atoms with Crippen molar-refractivity contribution in [2.75, 3.05) is 0 Å². The summed E-state index contributed by atoms with van der Waals surface area (Å²) in [7, 11) is 0. The molecule has 0 radical (unpaired) electrons. The van der Waals surface area contributed by atoms with Gasteiger partial charge in [-0.25, -0.2) is 9.97 Å². The Hall–Kier alpha value is -1.71. The number of aromatic nitrogens is 3. The van der Waals surface area contributed by atoms with Gasteiger partial charge in [-0.15, -0.1) is 0 Å². The van der Waals surface area contributed by atoms with Crippen LogP contribution in [0, 0.1) is 13.8 Å². The fraction of sp³-hybridized carbons (Fsp3) is 0.462. The van der Waals surface area contributed by atoms with Crippen LogP contribution in [0.4, 0.5) is 0 Å². The molecule has 0 aliphatic rings. The van der Waals surface area contributed by atoms with Crippen LogP contribution in [0.25, 0.3) is 11.2 Å². The number of rotatable bonds is 3. The van der Waals surface area contributed by atoms with Crippen molar-refractivity contribution in [1.29, 1.82) is 0 Å². The van der Waals surface area contributed by atoms with Crippen LogP contribution in [0.2, 0.25) is 0 Å². The molecule has 4 heteroatoms. The molecule has 1 N–H and O–H groups in total. The van der Waals surface area contributed by atoms with E-state index in [1.807, 2.05) is 19.9 Å². The van der Waals surface area contributed by atoms with Crippen LogP contribution in [0.15, 0.2) is 10.9 Å². The highest BCUT2D eigenvalue weighted by molar-refractivity contribution is 5.73. The van der Waals surface area contributed by atoms with Crippen molar-refractivity contribution in [2.24, 2.45) is 0 Å². The van der Waals surface area contributed by atoms with E-state index in [2.05, 4.69) is 21.9 Å². The second-order valence-corrected chi connectivity index (χ2v) is 4.39. The van der Waals surface area contributed by atoms with E-state index in [4.69, 9.17) is 0 Å². The van der Waals surface area contributed by atoms with Crippen molar-refractivity contribution in [3.8, 4) is 0 Å². The zero-order valence-corrected chi connectivity index (χ0v) is 10.5. The lowest BCUT2D eigenvalue weighted by atomic mass is 10.2. The number of fused-ring (bicyclic) bond motifs is 1. The lowest BCUT2D eigenvalue weighted by molar-refractivity contribution is 0.768. The maximum atomic E-state index is 11.8. The highest BCUT2D eigenvalue weighted by atomic mass is 16.1. The number of unbranched alkanes of at least 4 members (excludes halogenated alkanes) is 1. The van der Waals surface area contributed by atoms with E-state index in [-0.39, 0.29) is 5.56 Å². The number of H-pyrrole nitrogens is 1. The summed E-state index contributed by atoms with van der Waals surface area (Å²) in [6.07, 6.45) is 2.78. The van der Waals surface area contributed by atoms with E-state index >= 15 is 0 Å². The molecule has 0 amide bonds. The molecule has 0 aliphatic heterocycles. The zero-order chi connectivity index (χ0) is 12.4. The van der Waals surface area contributed by atoms with Crippen LogP contribution in [-0.4, -0.2) is 15.0 Å². The van der Waals surface area contributed by atoms with Gasteiger partial charge < -0.3 is 4.98 Å². The fourth-order valence-corrected chi connectivity index (χ4v) is 1.94. The minimum absolute atomic E-state index is 0.108. The van der Waals surface area contributed by atoms with Gasteiger partial charge >= 0.3 is 0 Å². The van der Waals surface area contributed by atoms with Gasteiger partial charge in [0.25, 0.3) is 5.56 Å². The average Bonchev–Trinajstić information content (AvgIpc) is 2.26. The third kappa shape index (κ3) is 2.35. The minimum Gasteiger partial charge on any atom is -0.304 e.